The van der Waals surface area contributed by atoms with Gasteiger partial charge >= 0.3 is 0 Å². The molecule has 0 radical (unpaired) electrons. The summed E-state index contributed by atoms with van der Waals surface area (Å²) >= 11 is 0. The molecule has 2 aromatic rings. The first-order chi connectivity index (χ1) is 8.22. The molecule has 1 aliphatic rings. The van der Waals surface area contributed by atoms with Crippen LogP contribution < -0.4 is 5.73 Å². The number of hydrogen-bond acceptors (Lipinski definition) is 4. The summed E-state index contributed by atoms with van der Waals surface area (Å²) in [5.74, 6) is 1.38. The van der Waals surface area contributed by atoms with E-state index in [0.29, 0.717) is 23.2 Å². The predicted octanol–water partition coefficient (Wildman–Crippen LogP) is 2.41. The Morgan fingerprint density at radius 3 is 2.94 bits per heavy atom. The van der Waals surface area contributed by atoms with Crippen molar-refractivity contribution < 1.29 is 8.91 Å². The predicted molar refractivity (Wildman–Crippen MR) is 60.5 cm³/mol. The van der Waals surface area contributed by atoms with Crippen LogP contribution in [0.25, 0.3) is 11.5 Å². The molecule has 5 heteroatoms. The lowest BCUT2D eigenvalue weighted by molar-refractivity contribution is 0.421. The van der Waals surface area contributed by atoms with E-state index in [1.165, 1.54) is 25.0 Å². The van der Waals surface area contributed by atoms with E-state index in [2.05, 4.69) is 10.1 Å². The van der Waals surface area contributed by atoms with E-state index in [0.717, 1.165) is 6.42 Å². The number of rotatable bonds is 3. The van der Waals surface area contributed by atoms with Gasteiger partial charge in [-0.25, -0.2) is 4.39 Å². The van der Waals surface area contributed by atoms with Gasteiger partial charge in [0, 0.05) is 12.0 Å². The Kier molecular flexibility index (Phi) is 2.31. The molecule has 0 spiro atoms. The van der Waals surface area contributed by atoms with Crippen LogP contribution in [0.4, 0.5) is 10.1 Å². The third-order valence-electron chi connectivity index (χ3n) is 2.88. The highest BCUT2D eigenvalue weighted by Gasteiger charge is 2.24. The second-order valence-electron chi connectivity index (χ2n) is 4.40. The summed E-state index contributed by atoms with van der Waals surface area (Å²) in [5.41, 5.74) is 6.23. The van der Waals surface area contributed by atoms with Gasteiger partial charge in [0.2, 0.25) is 0 Å². The van der Waals surface area contributed by atoms with Crippen LogP contribution in [0.3, 0.4) is 0 Å². The lowest BCUT2D eigenvalue weighted by atomic mass is 10.2. The summed E-state index contributed by atoms with van der Waals surface area (Å²) in [6.45, 7) is 0. The van der Waals surface area contributed by atoms with Gasteiger partial charge in [-0.1, -0.05) is 5.16 Å². The topological polar surface area (TPSA) is 64.9 Å². The average molecular weight is 233 g/mol. The van der Waals surface area contributed by atoms with Crippen LogP contribution in [-0.2, 0) is 6.42 Å². The Balaban J connectivity index is 1.86. The maximum atomic E-state index is 13.0. The summed E-state index contributed by atoms with van der Waals surface area (Å²) in [6.07, 6.45) is 3.35. The highest BCUT2D eigenvalue weighted by Crippen LogP contribution is 2.32. The molecule has 2 N–H and O–H groups in total. The standard InChI is InChI=1S/C12H12FN3O/c13-9-4-3-8(6-10(9)14)12-15-11(16-17-12)5-7-1-2-7/h3-4,6-7H,1-2,5,14H2. The number of anilines is 1. The number of nitrogens with two attached hydrogens (primary N) is 1. The van der Waals surface area contributed by atoms with E-state index in [4.69, 9.17) is 10.3 Å². The molecule has 0 atom stereocenters. The molecule has 0 unspecified atom stereocenters. The molecule has 1 fully saturated rings. The molecule has 1 saturated carbocycles. The molecule has 0 bridgehead atoms. The van der Waals surface area contributed by atoms with Crippen LogP contribution in [0.15, 0.2) is 22.7 Å². The van der Waals surface area contributed by atoms with Gasteiger partial charge in [-0.2, -0.15) is 4.98 Å². The molecule has 17 heavy (non-hydrogen) atoms. The number of nitrogens with zero attached hydrogens (tertiary/aromatic N) is 2. The molecule has 1 aromatic carbocycles. The van der Waals surface area contributed by atoms with Crippen molar-refractivity contribution in [1.29, 1.82) is 0 Å². The van der Waals surface area contributed by atoms with E-state index in [-0.39, 0.29) is 5.69 Å². The van der Waals surface area contributed by atoms with Crippen LogP contribution in [0.2, 0.25) is 0 Å². The summed E-state index contributed by atoms with van der Waals surface area (Å²) in [7, 11) is 0. The Morgan fingerprint density at radius 2 is 2.24 bits per heavy atom. The molecule has 1 aromatic heterocycles. The summed E-state index contributed by atoms with van der Waals surface area (Å²) in [4.78, 5) is 4.28. The summed E-state index contributed by atoms with van der Waals surface area (Å²) < 4.78 is 18.1. The van der Waals surface area contributed by atoms with Crippen molar-refractivity contribution in [2.45, 2.75) is 19.3 Å². The van der Waals surface area contributed by atoms with Crippen LogP contribution >= 0.6 is 0 Å². The Morgan fingerprint density at radius 1 is 1.41 bits per heavy atom. The third-order valence-corrected chi connectivity index (χ3v) is 2.88. The van der Waals surface area contributed by atoms with E-state index in [9.17, 15) is 4.39 Å². The van der Waals surface area contributed by atoms with E-state index < -0.39 is 5.82 Å². The normalized spacial score (nSPS) is 15.1. The Hall–Kier alpha value is -1.91. The van der Waals surface area contributed by atoms with Gasteiger partial charge in [0.1, 0.15) is 5.82 Å². The fourth-order valence-corrected chi connectivity index (χ4v) is 1.71. The monoisotopic (exact) mass is 233 g/mol. The van der Waals surface area contributed by atoms with Gasteiger partial charge in [0.05, 0.1) is 5.69 Å². The molecular weight excluding hydrogens is 221 g/mol. The van der Waals surface area contributed by atoms with Crippen LogP contribution in [0, 0.1) is 11.7 Å². The minimum Gasteiger partial charge on any atom is -0.396 e. The zero-order chi connectivity index (χ0) is 11.8. The van der Waals surface area contributed by atoms with Crippen LogP contribution in [-0.4, -0.2) is 10.1 Å². The number of halogens is 1. The van der Waals surface area contributed by atoms with Gasteiger partial charge < -0.3 is 10.3 Å². The van der Waals surface area contributed by atoms with Crippen molar-refractivity contribution in [3.8, 4) is 11.5 Å². The second kappa shape index (κ2) is 3.84. The van der Waals surface area contributed by atoms with Crippen molar-refractivity contribution in [3.05, 3.63) is 29.8 Å². The maximum absolute atomic E-state index is 13.0. The SMILES string of the molecule is Nc1cc(-c2nc(CC3CC3)no2)ccc1F. The van der Waals surface area contributed by atoms with Crippen molar-refractivity contribution in [2.75, 3.05) is 5.73 Å². The first-order valence-corrected chi connectivity index (χ1v) is 5.60. The molecule has 0 amide bonds. The molecule has 0 saturated heterocycles. The Labute approximate surface area is 97.6 Å². The zero-order valence-electron chi connectivity index (χ0n) is 9.19. The zero-order valence-corrected chi connectivity index (χ0v) is 9.19. The second-order valence-corrected chi connectivity index (χ2v) is 4.40. The van der Waals surface area contributed by atoms with Gasteiger partial charge in [0.15, 0.2) is 5.82 Å². The summed E-state index contributed by atoms with van der Waals surface area (Å²) in [6, 6.07) is 4.39. The van der Waals surface area contributed by atoms with Gasteiger partial charge in [-0.05, 0) is 37.0 Å². The molecule has 4 nitrogen and oxygen atoms in total. The lowest BCUT2D eigenvalue weighted by Gasteiger charge is -1.97. The molecule has 1 heterocycles. The minimum absolute atomic E-state index is 0.0874. The number of aromatic nitrogens is 2. The maximum Gasteiger partial charge on any atom is 0.257 e. The number of nitrogen functional groups attached to an aromatic ring is 1. The van der Waals surface area contributed by atoms with E-state index >= 15 is 0 Å². The first-order valence-electron chi connectivity index (χ1n) is 5.60. The minimum atomic E-state index is -0.438. The first kappa shape index (κ1) is 10.3. The van der Waals surface area contributed by atoms with E-state index in [1.807, 2.05) is 0 Å². The lowest BCUT2D eigenvalue weighted by Crippen LogP contribution is -1.92. The summed E-state index contributed by atoms with van der Waals surface area (Å²) in [5, 5.41) is 3.90. The quantitative estimate of drug-likeness (QED) is 0.827. The smallest absolute Gasteiger partial charge is 0.257 e. The average Bonchev–Trinajstić information content (AvgIpc) is 2.99. The van der Waals surface area contributed by atoms with Crippen molar-refractivity contribution in [1.82, 2.24) is 10.1 Å². The highest BCUT2D eigenvalue weighted by molar-refractivity contribution is 5.60. The fourth-order valence-electron chi connectivity index (χ4n) is 1.71. The Bertz CT molecular complexity index is 548. The van der Waals surface area contributed by atoms with Gasteiger partial charge in [-0.15, -0.1) is 0 Å². The fraction of sp³-hybridized carbons (Fsp3) is 0.333. The van der Waals surface area contributed by atoms with Gasteiger partial charge in [0.25, 0.3) is 5.89 Å². The molecule has 88 valence electrons. The number of benzene rings is 1. The highest BCUT2D eigenvalue weighted by atomic mass is 19.1. The van der Waals surface area contributed by atoms with Crippen molar-refractivity contribution >= 4 is 5.69 Å². The molecule has 0 aliphatic heterocycles. The van der Waals surface area contributed by atoms with Crippen molar-refractivity contribution in [2.24, 2.45) is 5.92 Å². The third kappa shape index (κ3) is 2.13. The van der Waals surface area contributed by atoms with Crippen LogP contribution in [0.5, 0.6) is 0 Å². The largest absolute Gasteiger partial charge is 0.396 e. The molecular formula is C12H12FN3O. The van der Waals surface area contributed by atoms with E-state index in [1.54, 1.807) is 6.07 Å². The van der Waals surface area contributed by atoms with Gasteiger partial charge in [-0.3, -0.25) is 0 Å². The number of hydrogen-bond donors (Lipinski definition) is 1. The van der Waals surface area contributed by atoms with Crippen molar-refractivity contribution in [3.63, 3.8) is 0 Å². The molecule has 3 rings (SSSR count). The van der Waals surface area contributed by atoms with Crippen LogP contribution in [0.1, 0.15) is 18.7 Å². The molecule has 1 aliphatic carbocycles.